The summed E-state index contributed by atoms with van der Waals surface area (Å²) in [7, 11) is 0. The summed E-state index contributed by atoms with van der Waals surface area (Å²) in [4.78, 5) is 29.3. The summed E-state index contributed by atoms with van der Waals surface area (Å²) in [6.45, 7) is 0.422. The summed E-state index contributed by atoms with van der Waals surface area (Å²) in [5, 5.41) is 7.10. The second kappa shape index (κ2) is 6.87. The molecule has 0 aliphatic carbocycles. The van der Waals surface area contributed by atoms with Crippen LogP contribution in [-0.4, -0.2) is 24.7 Å². The molecule has 0 spiro atoms. The van der Waals surface area contributed by atoms with Gasteiger partial charge in [0.25, 0.3) is 5.56 Å². The molecule has 0 unspecified atom stereocenters. The van der Waals surface area contributed by atoms with Gasteiger partial charge in [0.1, 0.15) is 5.82 Å². The Labute approximate surface area is 132 Å². The number of aromatic nitrogens is 5. The van der Waals surface area contributed by atoms with Crippen LogP contribution in [-0.2, 0) is 25.8 Å². The fourth-order valence-corrected chi connectivity index (χ4v) is 2.31. The Bertz CT molecular complexity index is 879. The van der Waals surface area contributed by atoms with Crippen molar-refractivity contribution >= 4 is 0 Å². The Hall–Kier alpha value is -2.96. The number of hydrogen-bond acceptors (Lipinski definition) is 4. The van der Waals surface area contributed by atoms with E-state index in [0.29, 0.717) is 18.8 Å². The molecule has 0 bridgehead atoms. The summed E-state index contributed by atoms with van der Waals surface area (Å²) in [6.07, 6.45) is 3.68. The van der Waals surface area contributed by atoms with E-state index in [-0.39, 0.29) is 0 Å². The molecule has 3 aromatic rings. The van der Waals surface area contributed by atoms with Gasteiger partial charge in [-0.05, 0) is 12.0 Å². The zero-order valence-corrected chi connectivity index (χ0v) is 12.5. The zero-order valence-electron chi connectivity index (χ0n) is 12.5. The lowest BCUT2D eigenvalue weighted by Crippen LogP contribution is -2.29. The second-order valence-corrected chi connectivity index (χ2v) is 5.24. The number of H-pyrrole nitrogens is 2. The van der Waals surface area contributed by atoms with Gasteiger partial charge in [-0.25, -0.2) is 9.78 Å². The van der Waals surface area contributed by atoms with E-state index in [4.69, 9.17) is 0 Å². The zero-order chi connectivity index (χ0) is 16.1. The topological polar surface area (TPSA) is 96.4 Å². The van der Waals surface area contributed by atoms with E-state index in [9.17, 15) is 9.59 Å². The van der Waals surface area contributed by atoms with Crippen molar-refractivity contribution in [2.24, 2.45) is 0 Å². The standard InChI is InChI=1S/C16H17N5O2/c22-15-9-11-21(16(23)18-15)10-8-14-17-13(19-20-14)7-6-12-4-2-1-3-5-12/h1-5,9,11H,6-8,10H2,(H,17,19,20)(H,18,22,23). The van der Waals surface area contributed by atoms with E-state index >= 15 is 0 Å². The molecule has 2 aromatic heterocycles. The maximum atomic E-state index is 11.6. The van der Waals surface area contributed by atoms with Crippen molar-refractivity contribution in [1.29, 1.82) is 0 Å². The highest BCUT2D eigenvalue weighted by Crippen LogP contribution is 2.04. The molecular formula is C16H17N5O2. The van der Waals surface area contributed by atoms with Gasteiger partial charge < -0.3 is 4.57 Å². The molecule has 7 heteroatoms. The van der Waals surface area contributed by atoms with Crippen molar-refractivity contribution in [3.05, 3.63) is 80.6 Å². The lowest BCUT2D eigenvalue weighted by Gasteiger charge is -2.01. The van der Waals surface area contributed by atoms with E-state index in [0.717, 1.165) is 18.7 Å². The van der Waals surface area contributed by atoms with Crippen LogP contribution >= 0.6 is 0 Å². The lowest BCUT2D eigenvalue weighted by atomic mass is 10.1. The van der Waals surface area contributed by atoms with Gasteiger partial charge in [0.2, 0.25) is 0 Å². The van der Waals surface area contributed by atoms with Gasteiger partial charge in [-0.15, -0.1) is 0 Å². The van der Waals surface area contributed by atoms with Crippen molar-refractivity contribution in [2.45, 2.75) is 25.8 Å². The summed E-state index contributed by atoms with van der Waals surface area (Å²) >= 11 is 0. The van der Waals surface area contributed by atoms with Crippen LogP contribution in [0.3, 0.4) is 0 Å². The average molecular weight is 311 g/mol. The van der Waals surface area contributed by atoms with Gasteiger partial charge in [-0.3, -0.25) is 14.9 Å². The molecule has 0 aliphatic rings. The summed E-state index contributed by atoms with van der Waals surface area (Å²) < 4.78 is 1.43. The third kappa shape index (κ3) is 4.03. The maximum absolute atomic E-state index is 11.6. The van der Waals surface area contributed by atoms with Crippen molar-refractivity contribution in [2.75, 3.05) is 0 Å². The van der Waals surface area contributed by atoms with Crippen LogP contribution < -0.4 is 11.2 Å². The monoisotopic (exact) mass is 311 g/mol. The number of rotatable bonds is 6. The van der Waals surface area contributed by atoms with Crippen LogP contribution in [0.5, 0.6) is 0 Å². The van der Waals surface area contributed by atoms with Crippen LogP contribution in [0.15, 0.2) is 52.2 Å². The minimum atomic E-state index is -0.419. The first-order valence-electron chi connectivity index (χ1n) is 7.44. The van der Waals surface area contributed by atoms with E-state index in [1.54, 1.807) is 0 Å². The van der Waals surface area contributed by atoms with Crippen LogP contribution in [0.4, 0.5) is 0 Å². The minimum absolute atomic E-state index is 0.396. The molecule has 0 atom stereocenters. The van der Waals surface area contributed by atoms with Crippen molar-refractivity contribution in [1.82, 2.24) is 24.7 Å². The number of nitrogens with one attached hydrogen (secondary N) is 2. The highest BCUT2D eigenvalue weighted by molar-refractivity contribution is 5.15. The van der Waals surface area contributed by atoms with E-state index in [1.165, 1.54) is 22.4 Å². The smallest absolute Gasteiger partial charge is 0.300 e. The maximum Gasteiger partial charge on any atom is 0.328 e. The molecule has 2 heterocycles. The fraction of sp³-hybridized carbons (Fsp3) is 0.250. The Morgan fingerprint density at radius 2 is 1.83 bits per heavy atom. The molecule has 0 radical (unpaired) electrons. The van der Waals surface area contributed by atoms with Gasteiger partial charge in [-0.1, -0.05) is 30.3 Å². The average Bonchev–Trinajstić information content (AvgIpc) is 3.01. The lowest BCUT2D eigenvalue weighted by molar-refractivity contribution is 0.629. The third-order valence-electron chi connectivity index (χ3n) is 3.54. The first-order valence-corrected chi connectivity index (χ1v) is 7.44. The van der Waals surface area contributed by atoms with Gasteiger partial charge in [-0.2, -0.15) is 5.10 Å². The van der Waals surface area contributed by atoms with Gasteiger partial charge in [0.15, 0.2) is 5.82 Å². The normalized spacial score (nSPS) is 10.8. The van der Waals surface area contributed by atoms with Crippen LogP contribution in [0.2, 0.25) is 0 Å². The van der Waals surface area contributed by atoms with Crippen molar-refractivity contribution in [3.8, 4) is 0 Å². The van der Waals surface area contributed by atoms with Gasteiger partial charge in [0.05, 0.1) is 0 Å². The minimum Gasteiger partial charge on any atom is -0.300 e. The highest BCUT2D eigenvalue weighted by atomic mass is 16.2. The van der Waals surface area contributed by atoms with E-state index < -0.39 is 11.2 Å². The number of aromatic amines is 2. The molecule has 118 valence electrons. The Morgan fingerprint density at radius 1 is 1.00 bits per heavy atom. The molecule has 0 saturated carbocycles. The molecule has 0 fully saturated rings. The highest BCUT2D eigenvalue weighted by Gasteiger charge is 2.05. The molecule has 0 amide bonds. The Kier molecular flexibility index (Phi) is 4.46. The first-order chi connectivity index (χ1) is 11.2. The molecule has 2 N–H and O–H groups in total. The quantitative estimate of drug-likeness (QED) is 0.700. The van der Waals surface area contributed by atoms with Gasteiger partial charge >= 0.3 is 5.69 Å². The predicted octanol–water partition coefficient (Wildman–Crippen LogP) is 0.683. The number of nitrogens with zero attached hydrogens (tertiary/aromatic N) is 3. The van der Waals surface area contributed by atoms with E-state index in [2.05, 4.69) is 32.3 Å². The number of benzene rings is 1. The van der Waals surface area contributed by atoms with Crippen LogP contribution in [0, 0.1) is 0 Å². The predicted molar refractivity (Wildman–Crippen MR) is 85.3 cm³/mol. The summed E-state index contributed by atoms with van der Waals surface area (Å²) in [5.41, 5.74) is 0.440. The number of aryl methyl sites for hydroxylation is 4. The summed E-state index contributed by atoms with van der Waals surface area (Å²) in [5.74, 6) is 1.49. The van der Waals surface area contributed by atoms with Crippen molar-refractivity contribution < 1.29 is 0 Å². The number of hydrogen-bond donors (Lipinski definition) is 2. The first kappa shape index (κ1) is 15.0. The SMILES string of the molecule is O=c1ccn(CCc2n[nH]c(CCc3ccccc3)n2)c(=O)[nH]1. The third-order valence-corrected chi connectivity index (χ3v) is 3.54. The van der Waals surface area contributed by atoms with Crippen molar-refractivity contribution in [3.63, 3.8) is 0 Å². The molecule has 0 aliphatic heterocycles. The molecule has 1 aromatic carbocycles. The van der Waals surface area contributed by atoms with Crippen LogP contribution in [0.1, 0.15) is 17.2 Å². The van der Waals surface area contributed by atoms with Crippen LogP contribution in [0.25, 0.3) is 0 Å². The van der Waals surface area contributed by atoms with E-state index in [1.807, 2.05) is 18.2 Å². The molecule has 3 rings (SSSR count). The Morgan fingerprint density at radius 3 is 2.61 bits per heavy atom. The largest absolute Gasteiger partial charge is 0.328 e. The Balaban J connectivity index is 1.57. The molecule has 23 heavy (non-hydrogen) atoms. The second-order valence-electron chi connectivity index (χ2n) is 5.24. The fourth-order valence-electron chi connectivity index (χ4n) is 2.31. The molecule has 0 saturated heterocycles. The molecule has 7 nitrogen and oxygen atoms in total. The van der Waals surface area contributed by atoms with Gasteiger partial charge in [0, 0.05) is 31.6 Å². The summed E-state index contributed by atoms with van der Waals surface area (Å²) in [6, 6.07) is 11.5. The molecular weight excluding hydrogens is 294 g/mol.